The first kappa shape index (κ1) is 21.5. The zero-order chi connectivity index (χ0) is 20.8. The lowest BCUT2D eigenvalue weighted by Gasteiger charge is -2.27. The van der Waals surface area contributed by atoms with Crippen molar-refractivity contribution in [2.75, 3.05) is 19.6 Å². The Balaban J connectivity index is 1.44. The minimum Gasteiger partial charge on any atom is -0.352 e. The fourth-order valence-electron chi connectivity index (χ4n) is 3.66. The van der Waals surface area contributed by atoms with E-state index in [1.807, 2.05) is 29.2 Å². The number of nitrogens with one attached hydrogen (secondary N) is 1. The normalized spacial score (nSPS) is 13.6. The first-order chi connectivity index (χ1) is 14.0. The topological polar surface area (TPSA) is 52.7 Å². The van der Waals surface area contributed by atoms with Gasteiger partial charge in [-0.05, 0) is 61.5 Å². The molecule has 2 aromatic rings. The SMILES string of the molecule is CCN(Cc1ccc(C(=O)NCCC(=O)N2CCc3sccc3C2)cc1)C(C)C. The maximum Gasteiger partial charge on any atom is 0.251 e. The van der Waals surface area contributed by atoms with Gasteiger partial charge in [0.15, 0.2) is 0 Å². The molecule has 5 nitrogen and oxygen atoms in total. The second-order valence-corrected chi connectivity index (χ2v) is 8.79. The van der Waals surface area contributed by atoms with Gasteiger partial charge in [0, 0.05) is 49.1 Å². The van der Waals surface area contributed by atoms with E-state index in [-0.39, 0.29) is 11.8 Å². The Morgan fingerprint density at radius 1 is 1.21 bits per heavy atom. The number of hydrogen-bond donors (Lipinski definition) is 1. The third kappa shape index (κ3) is 5.67. The standard InChI is InChI=1S/C23H31N3O2S/c1-4-25(17(2)3)15-18-5-7-19(8-6-18)23(28)24-12-9-22(27)26-13-10-21-20(16-26)11-14-29-21/h5-8,11,14,17H,4,9-10,12-13,15-16H2,1-3H3,(H,24,28). The van der Waals surface area contributed by atoms with Crippen molar-refractivity contribution in [3.63, 3.8) is 0 Å². The van der Waals surface area contributed by atoms with Crippen molar-refractivity contribution in [2.45, 2.75) is 52.7 Å². The van der Waals surface area contributed by atoms with Crippen LogP contribution < -0.4 is 5.32 Å². The lowest BCUT2D eigenvalue weighted by atomic mass is 10.1. The molecule has 2 heterocycles. The van der Waals surface area contributed by atoms with Crippen LogP contribution in [0, 0.1) is 0 Å². The highest BCUT2D eigenvalue weighted by molar-refractivity contribution is 7.10. The van der Waals surface area contributed by atoms with E-state index in [4.69, 9.17) is 0 Å². The Hall–Kier alpha value is -2.18. The number of benzene rings is 1. The van der Waals surface area contributed by atoms with E-state index in [1.54, 1.807) is 11.3 Å². The monoisotopic (exact) mass is 413 g/mol. The Morgan fingerprint density at radius 3 is 2.66 bits per heavy atom. The predicted molar refractivity (Wildman–Crippen MR) is 118 cm³/mol. The molecule has 0 saturated carbocycles. The minimum absolute atomic E-state index is 0.103. The van der Waals surface area contributed by atoms with Gasteiger partial charge in [-0.15, -0.1) is 11.3 Å². The van der Waals surface area contributed by atoms with Gasteiger partial charge in [0.05, 0.1) is 0 Å². The van der Waals surface area contributed by atoms with Crippen LogP contribution in [0.2, 0.25) is 0 Å². The molecule has 0 radical (unpaired) electrons. The largest absolute Gasteiger partial charge is 0.352 e. The van der Waals surface area contributed by atoms with Crippen LogP contribution in [0.4, 0.5) is 0 Å². The molecule has 1 N–H and O–H groups in total. The predicted octanol–water partition coefficient (Wildman–Crippen LogP) is 3.68. The lowest BCUT2D eigenvalue weighted by Crippen LogP contribution is -2.37. The van der Waals surface area contributed by atoms with Gasteiger partial charge in [-0.1, -0.05) is 19.1 Å². The van der Waals surface area contributed by atoms with Gasteiger partial charge in [0.25, 0.3) is 5.91 Å². The second kappa shape index (κ2) is 10.0. The number of thiophene rings is 1. The molecule has 29 heavy (non-hydrogen) atoms. The molecule has 1 aliphatic rings. The van der Waals surface area contributed by atoms with Crippen molar-refractivity contribution >= 4 is 23.2 Å². The molecule has 3 rings (SSSR count). The number of fused-ring (bicyclic) bond motifs is 1. The maximum atomic E-state index is 12.5. The van der Waals surface area contributed by atoms with Gasteiger partial charge in [-0.3, -0.25) is 14.5 Å². The van der Waals surface area contributed by atoms with E-state index >= 15 is 0 Å². The summed E-state index contributed by atoms with van der Waals surface area (Å²) in [4.78, 5) is 30.5. The second-order valence-electron chi connectivity index (χ2n) is 7.79. The fourth-order valence-corrected chi connectivity index (χ4v) is 4.55. The molecular formula is C23H31N3O2S. The van der Waals surface area contributed by atoms with Crippen LogP contribution in [-0.2, 0) is 24.3 Å². The zero-order valence-corrected chi connectivity index (χ0v) is 18.4. The molecule has 6 heteroatoms. The number of amides is 2. The van der Waals surface area contributed by atoms with Crippen molar-refractivity contribution in [1.82, 2.24) is 15.1 Å². The summed E-state index contributed by atoms with van der Waals surface area (Å²) in [5.74, 6) is -0.0230. The molecule has 0 spiro atoms. The summed E-state index contributed by atoms with van der Waals surface area (Å²) in [5.41, 5.74) is 3.10. The number of rotatable bonds is 8. The summed E-state index contributed by atoms with van der Waals surface area (Å²) in [5, 5.41) is 4.97. The molecule has 1 aliphatic heterocycles. The quantitative estimate of drug-likeness (QED) is 0.718. The molecule has 1 aromatic carbocycles. The first-order valence-corrected chi connectivity index (χ1v) is 11.3. The van der Waals surface area contributed by atoms with E-state index in [1.165, 1.54) is 16.0 Å². The van der Waals surface area contributed by atoms with E-state index in [2.05, 4.69) is 42.4 Å². The Kier molecular flexibility index (Phi) is 7.45. The van der Waals surface area contributed by atoms with Crippen LogP contribution in [0.3, 0.4) is 0 Å². The number of nitrogens with zero attached hydrogens (tertiary/aromatic N) is 2. The summed E-state index contributed by atoms with van der Waals surface area (Å²) in [6.45, 7) is 10.2. The highest BCUT2D eigenvalue weighted by atomic mass is 32.1. The number of carbonyl (C=O) groups is 2. The number of carbonyl (C=O) groups excluding carboxylic acids is 2. The number of hydrogen-bond acceptors (Lipinski definition) is 4. The third-order valence-corrected chi connectivity index (χ3v) is 6.55. The van der Waals surface area contributed by atoms with Crippen molar-refractivity contribution < 1.29 is 9.59 Å². The first-order valence-electron chi connectivity index (χ1n) is 10.4. The molecular weight excluding hydrogens is 382 g/mol. The molecule has 0 saturated heterocycles. The Morgan fingerprint density at radius 2 is 1.97 bits per heavy atom. The molecule has 1 aromatic heterocycles. The van der Waals surface area contributed by atoms with Gasteiger partial charge < -0.3 is 10.2 Å². The summed E-state index contributed by atoms with van der Waals surface area (Å²) in [6, 6.07) is 10.3. The minimum atomic E-state index is -0.126. The molecule has 0 bridgehead atoms. The van der Waals surface area contributed by atoms with Gasteiger partial charge in [-0.2, -0.15) is 0 Å². The van der Waals surface area contributed by atoms with Gasteiger partial charge in [0.1, 0.15) is 0 Å². The molecule has 0 atom stereocenters. The van der Waals surface area contributed by atoms with E-state index in [0.29, 0.717) is 31.1 Å². The maximum absolute atomic E-state index is 12.5. The van der Waals surface area contributed by atoms with Crippen molar-refractivity contribution in [3.05, 3.63) is 57.3 Å². The van der Waals surface area contributed by atoms with Gasteiger partial charge in [-0.25, -0.2) is 0 Å². The Bertz CT molecular complexity index is 829. The molecule has 2 amide bonds. The van der Waals surface area contributed by atoms with Crippen LogP contribution >= 0.6 is 11.3 Å². The van der Waals surface area contributed by atoms with Crippen LogP contribution in [-0.4, -0.2) is 47.3 Å². The summed E-state index contributed by atoms with van der Waals surface area (Å²) >= 11 is 1.77. The van der Waals surface area contributed by atoms with Crippen molar-refractivity contribution in [2.24, 2.45) is 0 Å². The van der Waals surface area contributed by atoms with E-state index in [0.717, 1.165) is 26.1 Å². The summed E-state index contributed by atoms with van der Waals surface area (Å²) < 4.78 is 0. The average molecular weight is 414 g/mol. The van der Waals surface area contributed by atoms with E-state index in [9.17, 15) is 9.59 Å². The third-order valence-electron chi connectivity index (χ3n) is 5.52. The molecule has 0 fully saturated rings. The van der Waals surface area contributed by atoms with Crippen LogP contribution in [0.15, 0.2) is 35.7 Å². The van der Waals surface area contributed by atoms with Crippen molar-refractivity contribution in [1.29, 1.82) is 0 Å². The van der Waals surface area contributed by atoms with Gasteiger partial charge in [0.2, 0.25) is 5.91 Å². The molecule has 0 unspecified atom stereocenters. The highest BCUT2D eigenvalue weighted by Gasteiger charge is 2.21. The average Bonchev–Trinajstić information content (AvgIpc) is 3.19. The molecule has 156 valence electrons. The van der Waals surface area contributed by atoms with Crippen LogP contribution in [0.1, 0.15) is 53.6 Å². The fraction of sp³-hybridized carbons (Fsp3) is 0.478. The highest BCUT2D eigenvalue weighted by Crippen LogP contribution is 2.24. The van der Waals surface area contributed by atoms with Crippen LogP contribution in [0.25, 0.3) is 0 Å². The smallest absolute Gasteiger partial charge is 0.251 e. The lowest BCUT2D eigenvalue weighted by molar-refractivity contribution is -0.131. The zero-order valence-electron chi connectivity index (χ0n) is 17.6. The molecule has 0 aliphatic carbocycles. The van der Waals surface area contributed by atoms with Crippen molar-refractivity contribution in [3.8, 4) is 0 Å². The van der Waals surface area contributed by atoms with Gasteiger partial charge >= 0.3 is 0 Å². The Labute approximate surface area is 177 Å². The summed E-state index contributed by atoms with van der Waals surface area (Å²) in [6.07, 6.45) is 1.27. The van der Waals surface area contributed by atoms with Crippen LogP contribution in [0.5, 0.6) is 0 Å². The summed E-state index contributed by atoms with van der Waals surface area (Å²) in [7, 11) is 0. The van der Waals surface area contributed by atoms with E-state index < -0.39 is 0 Å².